The summed E-state index contributed by atoms with van der Waals surface area (Å²) in [7, 11) is -2.61. The first kappa shape index (κ1) is 11.3. The molecule has 0 saturated carbocycles. The maximum absolute atomic E-state index is 5.10. The van der Waals surface area contributed by atoms with E-state index in [2.05, 4.69) is 0 Å². The molecular formula is H9KO4Si4. The van der Waals surface area contributed by atoms with Gasteiger partial charge in [-0.05, 0) is 0 Å². The summed E-state index contributed by atoms with van der Waals surface area (Å²) in [6.45, 7) is 0. The van der Waals surface area contributed by atoms with Gasteiger partial charge in [0.1, 0.15) is 0 Å². The van der Waals surface area contributed by atoms with Gasteiger partial charge in [0, 0.05) is 0 Å². The van der Waals surface area contributed by atoms with Gasteiger partial charge in [-0.2, -0.15) is 0 Å². The molecule has 1 fully saturated rings. The Labute approximate surface area is 106 Å². The normalized spacial score (nSPS) is 32.0. The molecule has 50 valence electrons. The van der Waals surface area contributed by atoms with Crippen molar-refractivity contribution < 1.29 is 16.5 Å². The molecule has 4 nitrogen and oxygen atoms in total. The van der Waals surface area contributed by atoms with E-state index in [0.717, 1.165) is 0 Å². The molecule has 0 aliphatic carbocycles. The quantitative estimate of drug-likeness (QED) is 0.388. The van der Waals surface area contributed by atoms with E-state index in [1.165, 1.54) is 0 Å². The Hall–Kier alpha value is 2.34. The van der Waals surface area contributed by atoms with Gasteiger partial charge in [-0.1, -0.05) is 0 Å². The van der Waals surface area contributed by atoms with Crippen LogP contribution >= 0.6 is 0 Å². The average molecular weight is 225 g/mol. The van der Waals surface area contributed by atoms with Gasteiger partial charge < -0.3 is 16.5 Å². The molecule has 0 amide bonds. The monoisotopic (exact) mass is 224 g/mol. The minimum atomic E-state index is -0.653. The van der Waals surface area contributed by atoms with Crippen LogP contribution in [0, 0.1) is 0 Å². The molecular weight excluding hydrogens is 215 g/mol. The second-order valence-electron chi connectivity index (χ2n) is 1.29. The Kier molecular flexibility index (Phi) is 10.6. The molecule has 0 unspecified atom stereocenters. The molecule has 1 aliphatic rings. The summed E-state index contributed by atoms with van der Waals surface area (Å²) in [6.07, 6.45) is 0. The van der Waals surface area contributed by atoms with E-state index < -0.39 is 40.0 Å². The Balaban J connectivity index is 0.000000640. The molecule has 9 heteroatoms. The van der Waals surface area contributed by atoms with Crippen molar-refractivity contribution in [1.82, 2.24) is 0 Å². The van der Waals surface area contributed by atoms with Crippen molar-refractivity contribution in [2.75, 3.05) is 0 Å². The van der Waals surface area contributed by atoms with Crippen LogP contribution < -0.4 is 0 Å². The van der Waals surface area contributed by atoms with Crippen molar-refractivity contribution in [2.24, 2.45) is 0 Å². The van der Waals surface area contributed by atoms with Crippen LogP contribution in [0.2, 0.25) is 0 Å². The summed E-state index contributed by atoms with van der Waals surface area (Å²) in [4.78, 5) is 0. The summed E-state index contributed by atoms with van der Waals surface area (Å²) in [6, 6.07) is 0. The Bertz CT molecular complexity index is 36.5. The van der Waals surface area contributed by atoms with Crippen LogP contribution in [0.4, 0.5) is 0 Å². The second kappa shape index (κ2) is 8.44. The van der Waals surface area contributed by atoms with Crippen LogP contribution in [-0.4, -0.2) is 91.4 Å². The fourth-order valence-electron chi connectivity index (χ4n) is 0.372. The van der Waals surface area contributed by atoms with E-state index in [-0.39, 0.29) is 51.4 Å². The second-order valence-corrected chi connectivity index (χ2v) is 8.76. The average Bonchev–Trinajstić information content (AvgIpc) is 1.62. The SMILES string of the molecule is O1[SiH2]O[SiH2]O[SiH2]O[SiH2]1.[KH]. The van der Waals surface area contributed by atoms with Gasteiger partial charge in [-0.3, -0.25) is 0 Å². The van der Waals surface area contributed by atoms with Crippen molar-refractivity contribution >= 4 is 91.4 Å². The first-order valence-corrected chi connectivity index (χ1v) is 6.93. The fraction of sp³-hybridized carbons (Fsp3) is 0. The molecule has 0 spiro atoms. The molecule has 0 N–H and O–H groups in total. The summed E-state index contributed by atoms with van der Waals surface area (Å²) in [5.41, 5.74) is 0. The predicted octanol–water partition coefficient (Wildman–Crippen LogP) is -4.59. The van der Waals surface area contributed by atoms with Crippen molar-refractivity contribution in [3.63, 3.8) is 0 Å². The van der Waals surface area contributed by atoms with Crippen molar-refractivity contribution in [3.05, 3.63) is 0 Å². The number of hydrogen-bond donors (Lipinski definition) is 0. The van der Waals surface area contributed by atoms with Crippen molar-refractivity contribution in [1.29, 1.82) is 0 Å². The molecule has 0 aromatic carbocycles. The van der Waals surface area contributed by atoms with E-state index in [0.29, 0.717) is 0 Å². The third-order valence-electron chi connectivity index (χ3n) is 0.667. The zero-order valence-electron chi connectivity index (χ0n) is 4.46. The van der Waals surface area contributed by atoms with E-state index in [1.807, 2.05) is 0 Å². The van der Waals surface area contributed by atoms with Gasteiger partial charge in [0.15, 0.2) is 0 Å². The van der Waals surface area contributed by atoms with E-state index >= 15 is 0 Å². The molecule has 0 bridgehead atoms. The summed E-state index contributed by atoms with van der Waals surface area (Å²) < 4.78 is 20.4. The molecule has 0 radical (unpaired) electrons. The first-order valence-electron chi connectivity index (χ1n) is 2.31. The molecule has 0 aromatic heterocycles. The molecule has 1 rings (SSSR count). The molecule has 0 aromatic rings. The zero-order chi connectivity index (χ0) is 5.66. The molecule has 9 heavy (non-hydrogen) atoms. The molecule has 0 atom stereocenters. The molecule has 1 saturated heterocycles. The van der Waals surface area contributed by atoms with Gasteiger partial charge in [0.25, 0.3) is 40.0 Å². The van der Waals surface area contributed by atoms with Crippen LogP contribution in [0.25, 0.3) is 0 Å². The third kappa shape index (κ3) is 6.73. The summed E-state index contributed by atoms with van der Waals surface area (Å²) >= 11 is 0. The van der Waals surface area contributed by atoms with Gasteiger partial charge in [0.05, 0.1) is 0 Å². The van der Waals surface area contributed by atoms with E-state index in [1.54, 1.807) is 0 Å². The predicted molar refractivity (Wildman–Crippen MR) is 45.7 cm³/mol. The third-order valence-corrected chi connectivity index (χ3v) is 6.00. The summed E-state index contributed by atoms with van der Waals surface area (Å²) in [5.74, 6) is 0. The standard InChI is InChI=1S/K.H8O4Si4.H/c;1-5-2-7-4-8-3-6-1;/h;5-8H2;. The van der Waals surface area contributed by atoms with Crippen LogP contribution in [0.3, 0.4) is 0 Å². The van der Waals surface area contributed by atoms with Gasteiger partial charge in [-0.25, -0.2) is 0 Å². The topological polar surface area (TPSA) is 36.9 Å². The maximum atomic E-state index is 5.10. The van der Waals surface area contributed by atoms with Crippen LogP contribution in [0.1, 0.15) is 0 Å². The van der Waals surface area contributed by atoms with E-state index in [4.69, 9.17) is 16.5 Å². The molecule has 1 heterocycles. The van der Waals surface area contributed by atoms with Gasteiger partial charge in [0.2, 0.25) is 0 Å². The van der Waals surface area contributed by atoms with Crippen LogP contribution in [0.15, 0.2) is 0 Å². The zero-order valence-corrected chi connectivity index (χ0v) is 10.1. The number of hydrogen-bond acceptors (Lipinski definition) is 4. The first-order chi connectivity index (χ1) is 4.00. The van der Waals surface area contributed by atoms with Crippen LogP contribution in [0.5, 0.6) is 0 Å². The van der Waals surface area contributed by atoms with Crippen LogP contribution in [-0.2, 0) is 16.5 Å². The van der Waals surface area contributed by atoms with Gasteiger partial charge >= 0.3 is 51.4 Å². The van der Waals surface area contributed by atoms with Crippen molar-refractivity contribution in [3.8, 4) is 0 Å². The minimum absolute atomic E-state index is 0. The fourth-order valence-corrected chi connectivity index (χ4v) is 7.59. The Morgan fingerprint density at radius 3 is 1.00 bits per heavy atom. The molecule has 1 aliphatic heterocycles. The van der Waals surface area contributed by atoms with E-state index in [9.17, 15) is 0 Å². The van der Waals surface area contributed by atoms with Crippen molar-refractivity contribution in [2.45, 2.75) is 0 Å². The Morgan fingerprint density at radius 2 is 0.778 bits per heavy atom. The Morgan fingerprint density at radius 1 is 0.556 bits per heavy atom. The van der Waals surface area contributed by atoms with Gasteiger partial charge in [-0.15, -0.1) is 0 Å². The number of rotatable bonds is 0. The summed E-state index contributed by atoms with van der Waals surface area (Å²) in [5, 5.41) is 0.